The van der Waals surface area contributed by atoms with Crippen LogP contribution in [0.4, 0.5) is 0 Å². The first kappa shape index (κ1) is 15.1. The van der Waals surface area contributed by atoms with Gasteiger partial charge >= 0.3 is 0 Å². The third-order valence-electron chi connectivity index (χ3n) is 3.17. The fraction of sp³-hybridized carbons (Fsp3) is 0.294. The van der Waals surface area contributed by atoms with E-state index < -0.39 is 0 Å². The van der Waals surface area contributed by atoms with E-state index in [4.69, 9.17) is 10.5 Å². The second-order valence-electron chi connectivity index (χ2n) is 4.91. The fourth-order valence-electron chi connectivity index (χ4n) is 2.11. The molecule has 0 fully saturated rings. The molecule has 2 aromatic carbocycles. The molecular formula is C17H20BrNO. The summed E-state index contributed by atoms with van der Waals surface area (Å²) in [5.74, 6) is 0.885. The summed E-state index contributed by atoms with van der Waals surface area (Å²) in [7, 11) is 0. The van der Waals surface area contributed by atoms with Gasteiger partial charge in [0.25, 0.3) is 0 Å². The predicted octanol–water partition coefficient (Wildman–Crippen LogP) is 4.48. The van der Waals surface area contributed by atoms with E-state index in [0.29, 0.717) is 6.61 Å². The number of ether oxygens (including phenoxy) is 1. The second kappa shape index (κ2) is 7.46. The molecule has 3 heteroatoms. The Kier molecular flexibility index (Phi) is 5.62. The standard InChI is InChI=1S/C17H20BrNO/c1-13(19)16-12-15(18)9-10-17(16)20-11-5-8-14-6-3-2-4-7-14/h2-4,6-7,9-10,12-13H,5,8,11,19H2,1H3/t13-/m1/s1. The molecule has 0 unspecified atom stereocenters. The highest BCUT2D eigenvalue weighted by Crippen LogP contribution is 2.27. The molecule has 106 valence electrons. The largest absolute Gasteiger partial charge is 0.493 e. The quantitative estimate of drug-likeness (QED) is 0.791. The van der Waals surface area contributed by atoms with Gasteiger partial charge in [-0.05, 0) is 43.5 Å². The van der Waals surface area contributed by atoms with Crippen molar-refractivity contribution in [3.05, 3.63) is 64.1 Å². The van der Waals surface area contributed by atoms with Crippen molar-refractivity contribution in [2.24, 2.45) is 5.73 Å². The molecule has 0 radical (unpaired) electrons. The van der Waals surface area contributed by atoms with E-state index in [-0.39, 0.29) is 6.04 Å². The summed E-state index contributed by atoms with van der Waals surface area (Å²) >= 11 is 3.47. The lowest BCUT2D eigenvalue weighted by Gasteiger charge is -2.14. The molecule has 2 rings (SSSR count). The Hall–Kier alpha value is -1.32. The monoisotopic (exact) mass is 333 g/mol. The molecule has 0 bridgehead atoms. The smallest absolute Gasteiger partial charge is 0.124 e. The van der Waals surface area contributed by atoms with Gasteiger partial charge in [-0.15, -0.1) is 0 Å². The first-order valence-electron chi connectivity index (χ1n) is 6.88. The van der Waals surface area contributed by atoms with Crippen LogP contribution in [0.1, 0.15) is 30.5 Å². The lowest BCUT2D eigenvalue weighted by atomic mass is 10.1. The Labute approximate surface area is 129 Å². The van der Waals surface area contributed by atoms with Gasteiger partial charge in [-0.2, -0.15) is 0 Å². The molecule has 0 aliphatic heterocycles. The maximum Gasteiger partial charge on any atom is 0.124 e. The van der Waals surface area contributed by atoms with Gasteiger partial charge in [0, 0.05) is 16.1 Å². The Balaban J connectivity index is 1.88. The van der Waals surface area contributed by atoms with Gasteiger partial charge in [-0.1, -0.05) is 46.3 Å². The molecule has 0 saturated heterocycles. The van der Waals surface area contributed by atoms with Crippen molar-refractivity contribution in [1.29, 1.82) is 0 Å². The number of aryl methyl sites for hydroxylation is 1. The summed E-state index contributed by atoms with van der Waals surface area (Å²) in [5, 5.41) is 0. The van der Waals surface area contributed by atoms with Gasteiger partial charge in [-0.3, -0.25) is 0 Å². The van der Waals surface area contributed by atoms with Gasteiger partial charge in [0.15, 0.2) is 0 Å². The van der Waals surface area contributed by atoms with Crippen LogP contribution in [-0.4, -0.2) is 6.61 Å². The van der Waals surface area contributed by atoms with E-state index in [1.807, 2.05) is 31.2 Å². The highest BCUT2D eigenvalue weighted by Gasteiger charge is 2.08. The van der Waals surface area contributed by atoms with Gasteiger partial charge in [0.1, 0.15) is 5.75 Å². The lowest BCUT2D eigenvalue weighted by Crippen LogP contribution is -2.09. The Morgan fingerprint density at radius 1 is 1.15 bits per heavy atom. The van der Waals surface area contributed by atoms with Crippen LogP contribution in [0.2, 0.25) is 0 Å². The van der Waals surface area contributed by atoms with Crippen molar-refractivity contribution in [1.82, 2.24) is 0 Å². The van der Waals surface area contributed by atoms with Crippen LogP contribution in [0, 0.1) is 0 Å². The van der Waals surface area contributed by atoms with Crippen LogP contribution in [0.25, 0.3) is 0 Å². The minimum Gasteiger partial charge on any atom is -0.493 e. The van der Waals surface area contributed by atoms with E-state index in [2.05, 4.69) is 40.2 Å². The summed E-state index contributed by atoms with van der Waals surface area (Å²) in [6.07, 6.45) is 2.03. The minimum absolute atomic E-state index is 0.0309. The molecule has 2 nitrogen and oxygen atoms in total. The molecule has 2 N–H and O–H groups in total. The van der Waals surface area contributed by atoms with Crippen LogP contribution in [0.5, 0.6) is 5.75 Å². The van der Waals surface area contributed by atoms with Crippen LogP contribution in [0.15, 0.2) is 53.0 Å². The third-order valence-corrected chi connectivity index (χ3v) is 3.67. The third kappa shape index (κ3) is 4.36. The predicted molar refractivity (Wildman–Crippen MR) is 87.0 cm³/mol. The second-order valence-corrected chi connectivity index (χ2v) is 5.82. The zero-order valence-corrected chi connectivity index (χ0v) is 13.3. The van der Waals surface area contributed by atoms with Crippen molar-refractivity contribution in [2.75, 3.05) is 6.61 Å². The van der Waals surface area contributed by atoms with Crippen molar-refractivity contribution < 1.29 is 4.74 Å². The van der Waals surface area contributed by atoms with Gasteiger partial charge in [0.05, 0.1) is 6.61 Å². The van der Waals surface area contributed by atoms with E-state index in [1.165, 1.54) is 5.56 Å². The van der Waals surface area contributed by atoms with E-state index in [0.717, 1.165) is 28.6 Å². The minimum atomic E-state index is -0.0309. The summed E-state index contributed by atoms with van der Waals surface area (Å²) in [6.45, 7) is 2.68. The Morgan fingerprint density at radius 3 is 2.60 bits per heavy atom. The highest BCUT2D eigenvalue weighted by atomic mass is 79.9. The molecule has 0 aromatic heterocycles. The number of hydrogen-bond acceptors (Lipinski definition) is 2. The molecule has 20 heavy (non-hydrogen) atoms. The van der Waals surface area contributed by atoms with E-state index in [9.17, 15) is 0 Å². The van der Waals surface area contributed by atoms with Crippen LogP contribution in [0.3, 0.4) is 0 Å². The SMILES string of the molecule is C[C@@H](N)c1cc(Br)ccc1OCCCc1ccccc1. The van der Waals surface area contributed by atoms with Crippen molar-refractivity contribution in [3.63, 3.8) is 0 Å². The van der Waals surface area contributed by atoms with E-state index >= 15 is 0 Å². The molecule has 0 spiro atoms. The first-order valence-corrected chi connectivity index (χ1v) is 7.68. The molecule has 2 aromatic rings. The summed E-state index contributed by atoms with van der Waals surface area (Å²) in [4.78, 5) is 0. The van der Waals surface area contributed by atoms with Crippen molar-refractivity contribution >= 4 is 15.9 Å². The van der Waals surface area contributed by atoms with Crippen LogP contribution >= 0.6 is 15.9 Å². The van der Waals surface area contributed by atoms with Crippen molar-refractivity contribution in [2.45, 2.75) is 25.8 Å². The molecule has 0 heterocycles. The normalized spacial score (nSPS) is 12.2. The lowest BCUT2D eigenvalue weighted by molar-refractivity contribution is 0.306. The topological polar surface area (TPSA) is 35.2 Å². The number of rotatable bonds is 6. The molecule has 1 atom stereocenters. The summed E-state index contributed by atoms with van der Waals surface area (Å²) < 4.78 is 6.90. The van der Waals surface area contributed by atoms with Gasteiger partial charge < -0.3 is 10.5 Å². The number of nitrogens with two attached hydrogens (primary N) is 1. The maximum atomic E-state index is 5.98. The molecule has 0 saturated carbocycles. The van der Waals surface area contributed by atoms with Crippen LogP contribution in [-0.2, 0) is 6.42 Å². The summed E-state index contributed by atoms with van der Waals surface area (Å²) in [6, 6.07) is 16.4. The fourth-order valence-corrected chi connectivity index (χ4v) is 2.49. The zero-order chi connectivity index (χ0) is 14.4. The van der Waals surface area contributed by atoms with Crippen molar-refractivity contribution in [3.8, 4) is 5.75 Å². The summed E-state index contributed by atoms with van der Waals surface area (Å²) in [5.41, 5.74) is 8.37. The molecule has 0 aliphatic rings. The Morgan fingerprint density at radius 2 is 1.90 bits per heavy atom. The average Bonchev–Trinajstić information content (AvgIpc) is 2.45. The van der Waals surface area contributed by atoms with E-state index in [1.54, 1.807) is 0 Å². The molecule has 0 amide bonds. The zero-order valence-electron chi connectivity index (χ0n) is 11.7. The van der Waals surface area contributed by atoms with Gasteiger partial charge in [-0.25, -0.2) is 0 Å². The van der Waals surface area contributed by atoms with Crippen LogP contribution < -0.4 is 10.5 Å². The maximum absolute atomic E-state index is 5.98. The molecular weight excluding hydrogens is 314 g/mol. The number of halogens is 1. The number of hydrogen-bond donors (Lipinski definition) is 1. The number of benzene rings is 2. The first-order chi connectivity index (χ1) is 9.66. The average molecular weight is 334 g/mol. The Bertz CT molecular complexity index is 540. The highest BCUT2D eigenvalue weighted by molar-refractivity contribution is 9.10. The van der Waals surface area contributed by atoms with Gasteiger partial charge in [0.2, 0.25) is 0 Å². The molecule has 0 aliphatic carbocycles.